The molecule has 2 amide bonds. The Hall–Kier alpha value is -2.89. The van der Waals surface area contributed by atoms with Gasteiger partial charge in [0.25, 0.3) is 0 Å². The monoisotopic (exact) mass is 383 g/mol. The number of carbonyl (C=O) groups is 1. The van der Waals surface area contributed by atoms with Gasteiger partial charge in [-0.1, -0.05) is 47.6 Å². The van der Waals surface area contributed by atoms with Crippen molar-refractivity contribution in [3.05, 3.63) is 71.5 Å². The molecule has 1 heterocycles. The van der Waals surface area contributed by atoms with Gasteiger partial charge in [-0.05, 0) is 44.0 Å². The second-order valence-corrected chi connectivity index (χ2v) is 8.02. The molecule has 1 atom stereocenters. The second-order valence-electron chi connectivity index (χ2n) is 8.02. The molecule has 0 saturated carbocycles. The fourth-order valence-corrected chi connectivity index (χ4v) is 3.01. The highest BCUT2D eigenvalue weighted by molar-refractivity contribution is 6.01. The highest BCUT2D eigenvalue weighted by Crippen LogP contribution is 2.19. The summed E-state index contributed by atoms with van der Waals surface area (Å²) >= 11 is 0. The first-order chi connectivity index (χ1) is 13.3. The quantitative estimate of drug-likeness (QED) is 0.836. The zero-order chi connectivity index (χ0) is 20.1. The largest absolute Gasteiger partial charge is 0.390 e. The van der Waals surface area contributed by atoms with Crippen LogP contribution in [0, 0.1) is 5.82 Å². The topological polar surface area (TPSA) is 53.9 Å². The van der Waals surface area contributed by atoms with Gasteiger partial charge in [0.15, 0.2) is 6.10 Å². The molecule has 28 heavy (non-hydrogen) atoms. The van der Waals surface area contributed by atoms with Crippen molar-refractivity contribution in [3.63, 3.8) is 0 Å². The van der Waals surface area contributed by atoms with E-state index in [-0.39, 0.29) is 23.5 Å². The Morgan fingerprint density at radius 1 is 1.18 bits per heavy atom. The van der Waals surface area contributed by atoms with Gasteiger partial charge in [0.1, 0.15) is 5.82 Å². The summed E-state index contributed by atoms with van der Waals surface area (Å²) in [6.07, 6.45) is 0.328. The highest BCUT2D eigenvalue weighted by Gasteiger charge is 2.28. The van der Waals surface area contributed by atoms with Gasteiger partial charge in [-0.3, -0.25) is 0 Å². The van der Waals surface area contributed by atoms with Crippen molar-refractivity contribution in [3.8, 4) is 0 Å². The maximum atomic E-state index is 13.1. The number of carbonyl (C=O) groups excluding carboxylic acids is 1. The van der Waals surface area contributed by atoms with E-state index >= 15 is 0 Å². The molecule has 1 aliphatic rings. The second kappa shape index (κ2) is 8.42. The minimum absolute atomic E-state index is 0.143. The SMILES string of the molecule is CC(C)(C)NC(=O)N(Cc1ccccc1)C[C@H]1CC(c2ccc(F)cc2)=NO1. The lowest BCUT2D eigenvalue weighted by atomic mass is 10.0. The molecular formula is C22H26FN3O2. The van der Waals surface area contributed by atoms with Crippen molar-refractivity contribution in [2.75, 3.05) is 6.54 Å². The molecule has 5 nitrogen and oxygen atoms in total. The van der Waals surface area contributed by atoms with Crippen LogP contribution in [0.5, 0.6) is 0 Å². The van der Waals surface area contributed by atoms with Crippen molar-refractivity contribution < 1.29 is 14.0 Å². The van der Waals surface area contributed by atoms with Crippen LogP contribution in [0.2, 0.25) is 0 Å². The molecule has 0 unspecified atom stereocenters. The summed E-state index contributed by atoms with van der Waals surface area (Å²) in [5.74, 6) is -0.285. The minimum atomic E-state index is -0.335. The molecule has 2 aromatic rings. The number of hydrogen-bond acceptors (Lipinski definition) is 3. The molecule has 0 radical (unpaired) electrons. The number of oxime groups is 1. The average molecular weight is 383 g/mol. The van der Waals surface area contributed by atoms with Gasteiger partial charge in [0.2, 0.25) is 0 Å². The predicted octanol–water partition coefficient (Wildman–Crippen LogP) is 4.33. The van der Waals surface area contributed by atoms with E-state index < -0.39 is 0 Å². The molecule has 1 N–H and O–H groups in total. The Bertz CT molecular complexity index is 829. The lowest BCUT2D eigenvalue weighted by Gasteiger charge is -2.29. The summed E-state index contributed by atoms with van der Waals surface area (Å²) in [6, 6.07) is 15.9. The lowest BCUT2D eigenvalue weighted by molar-refractivity contribution is 0.0580. The van der Waals surface area contributed by atoms with E-state index in [0.717, 1.165) is 16.8 Å². The van der Waals surface area contributed by atoms with E-state index in [1.165, 1.54) is 12.1 Å². The summed E-state index contributed by atoms with van der Waals surface area (Å²) in [5, 5.41) is 7.16. The Kier molecular flexibility index (Phi) is 5.97. The smallest absolute Gasteiger partial charge is 0.318 e. The van der Waals surface area contributed by atoms with E-state index in [0.29, 0.717) is 19.5 Å². The van der Waals surface area contributed by atoms with E-state index in [9.17, 15) is 9.18 Å². The molecule has 0 aliphatic carbocycles. The Morgan fingerprint density at radius 3 is 2.50 bits per heavy atom. The first kappa shape index (κ1) is 19.9. The van der Waals surface area contributed by atoms with Gasteiger partial charge in [0.05, 0.1) is 12.3 Å². The summed E-state index contributed by atoms with van der Waals surface area (Å²) in [7, 11) is 0. The molecule has 1 aliphatic heterocycles. The van der Waals surface area contributed by atoms with Crippen molar-refractivity contribution in [2.45, 2.75) is 45.4 Å². The van der Waals surface area contributed by atoms with E-state index in [2.05, 4.69) is 10.5 Å². The third kappa shape index (κ3) is 5.55. The number of halogens is 1. The Morgan fingerprint density at radius 2 is 1.86 bits per heavy atom. The van der Waals surface area contributed by atoms with Crippen LogP contribution < -0.4 is 5.32 Å². The fourth-order valence-electron chi connectivity index (χ4n) is 3.01. The van der Waals surface area contributed by atoms with Crippen LogP contribution in [0.15, 0.2) is 59.8 Å². The number of nitrogens with one attached hydrogen (secondary N) is 1. The van der Waals surface area contributed by atoms with Crippen molar-refractivity contribution in [1.29, 1.82) is 0 Å². The van der Waals surface area contributed by atoms with Gasteiger partial charge in [-0.2, -0.15) is 0 Å². The predicted molar refractivity (Wildman–Crippen MR) is 108 cm³/mol. The van der Waals surface area contributed by atoms with Crippen molar-refractivity contribution >= 4 is 11.7 Å². The third-order valence-corrected chi connectivity index (χ3v) is 4.32. The zero-order valence-electron chi connectivity index (χ0n) is 16.5. The molecular weight excluding hydrogens is 357 g/mol. The van der Waals surface area contributed by atoms with Crippen molar-refractivity contribution in [1.82, 2.24) is 10.2 Å². The molecule has 148 valence electrons. The first-order valence-electron chi connectivity index (χ1n) is 9.40. The molecule has 0 spiro atoms. The number of amides is 2. The molecule has 0 bridgehead atoms. The normalized spacial score (nSPS) is 16.3. The molecule has 0 fully saturated rings. The standard InChI is InChI=1S/C22H26FN3O2/c1-22(2,3)24-21(27)26(14-16-7-5-4-6-8-16)15-19-13-20(25-28-19)17-9-11-18(23)12-10-17/h4-12,19H,13-15H2,1-3H3,(H,24,27)/t19-/m1/s1. The van der Waals surface area contributed by atoms with Crippen LogP contribution in [0.3, 0.4) is 0 Å². The van der Waals surface area contributed by atoms with Crippen LogP contribution in [-0.2, 0) is 11.4 Å². The maximum absolute atomic E-state index is 13.1. The van der Waals surface area contributed by atoms with Gasteiger partial charge in [-0.15, -0.1) is 0 Å². The van der Waals surface area contributed by atoms with Gasteiger partial charge >= 0.3 is 6.03 Å². The minimum Gasteiger partial charge on any atom is -0.390 e. The van der Waals surface area contributed by atoms with Crippen molar-refractivity contribution in [2.24, 2.45) is 5.16 Å². The molecule has 2 aromatic carbocycles. The molecule has 0 aromatic heterocycles. The molecule has 0 saturated heterocycles. The van der Waals surface area contributed by atoms with Gasteiger partial charge in [0, 0.05) is 18.5 Å². The van der Waals surface area contributed by atoms with Crippen LogP contribution in [0.1, 0.15) is 38.3 Å². The van der Waals surface area contributed by atoms with E-state index in [1.54, 1.807) is 17.0 Å². The number of urea groups is 1. The molecule has 6 heteroatoms. The number of nitrogens with zero attached hydrogens (tertiary/aromatic N) is 2. The summed E-state index contributed by atoms with van der Waals surface area (Å²) in [4.78, 5) is 20.1. The van der Waals surface area contributed by atoms with Crippen LogP contribution >= 0.6 is 0 Å². The fraction of sp³-hybridized carbons (Fsp3) is 0.364. The summed E-state index contributed by atoms with van der Waals surface area (Å²) < 4.78 is 13.1. The number of benzene rings is 2. The Labute approximate surface area is 165 Å². The summed E-state index contributed by atoms with van der Waals surface area (Å²) in [6.45, 7) is 6.74. The van der Waals surface area contributed by atoms with Gasteiger partial charge < -0.3 is 15.1 Å². The first-order valence-corrected chi connectivity index (χ1v) is 9.40. The maximum Gasteiger partial charge on any atom is 0.318 e. The third-order valence-electron chi connectivity index (χ3n) is 4.32. The van der Waals surface area contributed by atoms with Crippen LogP contribution in [0.4, 0.5) is 9.18 Å². The van der Waals surface area contributed by atoms with Crippen LogP contribution in [0.25, 0.3) is 0 Å². The zero-order valence-corrected chi connectivity index (χ0v) is 16.5. The number of rotatable bonds is 5. The Balaban J connectivity index is 1.67. The average Bonchev–Trinajstić information content (AvgIpc) is 3.10. The van der Waals surface area contributed by atoms with Gasteiger partial charge in [-0.25, -0.2) is 9.18 Å². The summed E-state index contributed by atoms with van der Waals surface area (Å²) in [5.41, 5.74) is 2.31. The van der Waals surface area contributed by atoms with E-state index in [1.807, 2.05) is 51.1 Å². The number of hydrogen-bond donors (Lipinski definition) is 1. The van der Waals surface area contributed by atoms with E-state index in [4.69, 9.17) is 4.84 Å². The molecule has 3 rings (SSSR count). The highest BCUT2D eigenvalue weighted by atomic mass is 19.1. The van der Waals surface area contributed by atoms with Crippen LogP contribution in [-0.4, -0.2) is 34.8 Å². The lowest BCUT2D eigenvalue weighted by Crippen LogP contribution is -2.50.